The highest BCUT2D eigenvalue weighted by Crippen LogP contribution is 2.57. The monoisotopic (exact) mass is 1570 g/mol. The van der Waals surface area contributed by atoms with E-state index in [1.54, 1.807) is 0 Å². The number of aliphatic imine (C=N–C) groups is 3. The molecule has 0 amide bonds. The molecule has 568 valence electrons. The van der Waals surface area contributed by atoms with E-state index < -0.39 is 0 Å². The van der Waals surface area contributed by atoms with Crippen molar-refractivity contribution >= 4 is 121 Å². The predicted octanol–water partition coefficient (Wildman–Crippen LogP) is 28.2. The summed E-state index contributed by atoms with van der Waals surface area (Å²) < 4.78 is 5.08. The second kappa shape index (κ2) is 27.3. The minimum Gasteiger partial charge on any atom is -0.309 e. The minimum atomic E-state index is 0.0836. The number of allylic oxidation sites excluding steroid dienone is 36. The van der Waals surface area contributed by atoms with Gasteiger partial charge in [-0.1, -0.05) is 316 Å². The van der Waals surface area contributed by atoms with Gasteiger partial charge in [-0.05, 0) is 267 Å². The fourth-order valence-corrected chi connectivity index (χ4v) is 23.2. The number of nitrogens with zero attached hydrogens (tertiary/aromatic N) is 4. The molecule has 6 unspecified atom stereocenters. The van der Waals surface area contributed by atoms with E-state index in [9.17, 15) is 0 Å². The van der Waals surface area contributed by atoms with Crippen molar-refractivity contribution < 1.29 is 0 Å². The molecule has 5 heterocycles. The van der Waals surface area contributed by atoms with Gasteiger partial charge in [0.25, 0.3) is 0 Å². The number of thiophene rings is 1. The molecule has 28 rings (SSSR count). The average Bonchev–Trinajstić information content (AvgIpc) is 1.02. The maximum atomic E-state index is 4.91. The molecule has 0 spiro atoms. The summed E-state index contributed by atoms with van der Waals surface area (Å²) in [5, 5.41) is 13.0. The van der Waals surface area contributed by atoms with Gasteiger partial charge in [0.15, 0.2) is 0 Å². The first kappa shape index (κ1) is 69.0. The topological polar surface area (TPSA) is 42.0 Å². The van der Waals surface area contributed by atoms with Gasteiger partial charge < -0.3 is 4.57 Å². The largest absolute Gasteiger partial charge is 0.309 e. The molecule has 3 aliphatic heterocycles. The summed E-state index contributed by atoms with van der Waals surface area (Å²) in [6, 6.07) is 84.9. The fourth-order valence-electron chi connectivity index (χ4n) is 22.1. The molecule has 13 aromatic rings. The van der Waals surface area contributed by atoms with E-state index in [2.05, 4.69) is 387 Å². The highest BCUT2D eigenvalue weighted by molar-refractivity contribution is 7.25. The Bertz CT molecular complexity index is 7950. The molecular formula is C117H74N4S. The maximum absolute atomic E-state index is 4.91. The Balaban J connectivity index is 0.0000000996. The standard InChI is InChI=1S/C43H28N2.C43H27N.C31H19NS/c1-2-8-33(9-3-1)45-39-11-5-4-10-35(39)38-26-30(19-23-40(38)45)27-12-14-28(15-13-27)34-20-16-29-17-22-37-42-31(18-21-36(34)41(29)42)25-32-7-6-24-44-43(32)37;1-2-12-30-26(9-1)10-7-17-31(30)41-32-13-3-5-15-34(32)42(35-16-6-4-14-33(35)41)37-21-18-27-19-23-38-40-28(20-22-36(37)39(27)40)25-29-11-8-24-44-43(29)38;1-2-6-27-23(5-1)24-12-9-19(17-28(24)33-27)22-11-7-18-8-14-26-30-20(10-13-25(22)29(18)30)16-21-4-3-15-32-31(21)26/h1-26,41,43H;1-25,39,43H;1-17,29,31H. The molecule has 2 aromatic heterocycles. The Morgan fingerprint density at radius 2 is 0.713 bits per heavy atom. The summed E-state index contributed by atoms with van der Waals surface area (Å²) >= 11 is 1.89. The molecule has 15 aliphatic rings. The zero-order valence-electron chi connectivity index (χ0n) is 66.4. The van der Waals surface area contributed by atoms with Gasteiger partial charge in [0.1, 0.15) is 18.1 Å². The quantitative estimate of drug-likeness (QED) is 0.149. The van der Waals surface area contributed by atoms with Crippen molar-refractivity contribution in [3.63, 3.8) is 0 Å². The second-order valence-electron chi connectivity index (χ2n) is 33.7. The van der Waals surface area contributed by atoms with Gasteiger partial charge >= 0.3 is 0 Å². The lowest BCUT2D eigenvalue weighted by atomic mass is 9.65. The van der Waals surface area contributed by atoms with Crippen molar-refractivity contribution in [2.75, 3.05) is 0 Å². The molecule has 122 heavy (non-hydrogen) atoms. The van der Waals surface area contributed by atoms with Crippen LogP contribution in [0.5, 0.6) is 0 Å². The van der Waals surface area contributed by atoms with Gasteiger partial charge in [-0.15, -0.1) is 11.3 Å². The van der Waals surface area contributed by atoms with Crippen LogP contribution in [0, 0.1) is 17.8 Å². The van der Waals surface area contributed by atoms with Gasteiger partial charge in [0.05, 0.1) is 11.0 Å². The van der Waals surface area contributed by atoms with Crippen LogP contribution >= 0.6 is 11.3 Å². The van der Waals surface area contributed by atoms with Crippen LogP contribution in [0.3, 0.4) is 0 Å². The molecule has 0 fully saturated rings. The summed E-state index contributed by atoms with van der Waals surface area (Å²) in [6.45, 7) is 0. The normalized spacial score (nSPS) is 21.8. The maximum Gasteiger partial charge on any atom is 0.100 e. The molecule has 5 heteroatoms. The number of benzene rings is 11. The van der Waals surface area contributed by atoms with Crippen LogP contribution in [0.15, 0.2) is 510 Å². The Labute approximate surface area is 710 Å². The second-order valence-corrected chi connectivity index (χ2v) is 34.7. The Morgan fingerprint density at radius 1 is 0.270 bits per heavy atom. The Kier molecular flexibility index (Phi) is 15.4. The lowest BCUT2D eigenvalue weighted by Gasteiger charge is -2.40. The molecule has 11 aromatic carbocycles. The van der Waals surface area contributed by atoms with Gasteiger partial charge in [0.2, 0.25) is 0 Å². The van der Waals surface area contributed by atoms with Crippen molar-refractivity contribution in [2.45, 2.75) is 18.1 Å². The third-order valence-electron chi connectivity index (χ3n) is 27.4. The summed E-state index contributed by atoms with van der Waals surface area (Å²) in [6.07, 6.45) is 67.4. The van der Waals surface area contributed by atoms with Crippen LogP contribution in [0.4, 0.5) is 0 Å². The van der Waals surface area contributed by atoms with Crippen LogP contribution in [0.25, 0.3) is 119 Å². The number of hydrogen-bond donors (Lipinski definition) is 0. The van der Waals surface area contributed by atoms with Crippen molar-refractivity contribution in [3.8, 4) is 27.9 Å². The molecule has 0 saturated heterocycles. The van der Waals surface area contributed by atoms with E-state index in [-0.39, 0.29) is 30.0 Å². The van der Waals surface area contributed by atoms with Gasteiger partial charge in [-0.25, -0.2) is 0 Å². The molecule has 12 aliphatic carbocycles. The summed E-state index contributed by atoms with van der Waals surface area (Å²) in [7, 11) is 0. The first-order valence-electron chi connectivity index (χ1n) is 42.6. The van der Waals surface area contributed by atoms with Crippen molar-refractivity contribution in [1.82, 2.24) is 4.57 Å². The van der Waals surface area contributed by atoms with Crippen LogP contribution in [-0.2, 0) is 0 Å². The molecule has 0 bridgehead atoms. The lowest BCUT2D eigenvalue weighted by Crippen LogP contribution is -2.29. The number of rotatable bonds is 6. The number of fused-ring (bicyclic) bond motifs is 15. The van der Waals surface area contributed by atoms with E-state index in [4.69, 9.17) is 15.0 Å². The summed E-state index contributed by atoms with van der Waals surface area (Å²) in [5.74, 6) is 0.763. The molecule has 0 N–H and O–H groups in total. The van der Waals surface area contributed by atoms with Crippen LogP contribution in [-0.4, -0.2) is 41.3 Å². The smallest absolute Gasteiger partial charge is 0.100 e. The fraction of sp³-hybridized carbons (Fsp3) is 0.0513. The predicted molar refractivity (Wildman–Crippen MR) is 514 cm³/mol. The highest BCUT2D eigenvalue weighted by Gasteiger charge is 2.43. The molecule has 4 nitrogen and oxygen atoms in total. The number of para-hydroxylation sites is 2. The SMILES string of the molecule is C1=CC2=CC3=C4C(=CC=C5C=CC(c6c7ccccc7c(-c7cccc8ccccc78)c7ccccc67)=C(C=C3)C54)C2N=C1.C1=CC2=CC3=C4C(=CC=C5C=CC(c6ccc(-c7ccc8c(c7)c7ccccc7n8-c7ccccc7)cc6)=C(C=C3)C54)C2N=C1.C1=CC2=CC3=C4C(=CC=C5C=CC(c6ccc7c(c6)sc6ccccc67)=C(C=C3)C54)C2N=C1. The summed E-state index contributed by atoms with van der Waals surface area (Å²) in [5.41, 5.74) is 40.9. The van der Waals surface area contributed by atoms with E-state index in [0.717, 1.165) is 0 Å². The van der Waals surface area contributed by atoms with Gasteiger partial charge in [-0.2, -0.15) is 0 Å². The van der Waals surface area contributed by atoms with E-state index >= 15 is 0 Å². The molecule has 6 atom stereocenters. The number of aromatic nitrogens is 1. The lowest BCUT2D eigenvalue weighted by molar-refractivity contribution is 0.786. The van der Waals surface area contributed by atoms with Gasteiger partial charge in [-0.3, -0.25) is 15.0 Å². The third kappa shape index (κ3) is 10.6. The zero-order chi connectivity index (χ0) is 79.8. The van der Waals surface area contributed by atoms with Crippen molar-refractivity contribution in [2.24, 2.45) is 32.7 Å². The van der Waals surface area contributed by atoms with Crippen LogP contribution in [0.1, 0.15) is 16.7 Å². The van der Waals surface area contributed by atoms with Crippen molar-refractivity contribution in [1.29, 1.82) is 0 Å². The first-order valence-corrected chi connectivity index (χ1v) is 43.4. The minimum absolute atomic E-state index is 0.0836. The Hall–Kier alpha value is -15.0. The van der Waals surface area contributed by atoms with E-state index in [1.165, 1.54) is 236 Å². The number of hydrogen-bond acceptors (Lipinski definition) is 4. The average molecular weight is 1570 g/mol. The first-order chi connectivity index (χ1) is 60.5. The number of dihydropyridines is 3. The van der Waals surface area contributed by atoms with E-state index in [0.29, 0.717) is 5.92 Å². The molecular weight excluding hydrogens is 1490 g/mol. The van der Waals surface area contributed by atoms with E-state index in [1.807, 2.05) is 42.1 Å². The van der Waals surface area contributed by atoms with Crippen LogP contribution in [0.2, 0.25) is 0 Å². The van der Waals surface area contributed by atoms with Crippen LogP contribution < -0.4 is 0 Å². The summed E-state index contributed by atoms with van der Waals surface area (Å²) in [4.78, 5) is 14.6. The molecule has 0 saturated carbocycles. The zero-order valence-corrected chi connectivity index (χ0v) is 67.2. The third-order valence-corrected chi connectivity index (χ3v) is 28.5. The van der Waals surface area contributed by atoms with Gasteiger partial charge in [0, 0.05) is 73.0 Å². The Morgan fingerprint density at radius 3 is 1.30 bits per heavy atom. The highest BCUT2D eigenvalue weighted by atomic mass is 32.1. The molecule has 0 radical (unpaired) electrons. The van der Waals surface area contributed by atoms with Crippen molar-refractivity contribution in [3.05, 3.63) is 512 Å².